The maximum atomic E-state index is 15.2. The average Bonchev–Trinajstić information content (AvgIpc) is 3.18. The molecule has 2 aliphatic heterocycles. The van der Waals surface area contributed by atoms with Gasteiger partial charge in [0.15, 0.2) is 0 Å². The SMILES string of the molecule is Cc1c(CC2CCNCC2)[nH]c2ncc(F)c(C3CCN(C(=O)c4ccc(OC(F)(F)F)cc4N)CC3)c12. The molecule has 38 heavy (non-hydrogen) atoms. The van der Waals surface area contributed by atoms with Crippen molar-refractivity contribution in [2.45, 2.75) is 51.3 Å². The Kier molecular flexibility index (Phi) is 7.21. The minimum absolute atomic E-state index is 0.0920. The number of halogens is 4. The number of benzene rings is 1. The highest BCUT2D eigenvalue weighted by Gasteiger charge is 2.33. The lowest BCUT2D eigenvalue weighted by Gasteiger charge is -2.33. The first kappa shape index (κ1) is 26.3. The number of alkyl halides is 3. The number of anilines is 1. The number of rotatable bonds is 5. The Hall–Kier alpha value is -3.34. The number of nitrogens with two attached hydrogens (primary N) is 1. The van der Waals surface area contributed by atoms with E-state index in [0.717, 1.165) is 61.1 Å². The highest BCUT2D eigenvalue weighted by Crippen LogP contribution is 2.38. The van der Waals surface area contributed by atoms with E-state index >= 15 is 4.39 Å². The molecule has 4 N–H and O–H groups in total. The number of aromatic amines is 1. The maximum absolute atomic E-state index is 15.2. The Morgan fingerprint density at radius 2 is 1.89 bits per heavy atom. The molecule has 1 amide bonds. The van der Waals surface area contributed by atoms with Crippen LogP contribution in [-0.4, -0.2) is 53.3 Å². The number of likely N-dealkylation sites (tertiary alicyclic amines) is 1. The van der Waals surface area contributed by atoms with Crippen molar-refractivity contribution >= 4 is 22.6 Å². The number of carbonyl (C=O) groups is 1. The number of nitrogens with one attached hydrogen (secondary N) is 2. The summed E-state index contributed by atoms with van der Waals surface area (Å²) in [6, 6.07) is 3.31. The standard InChI is InChI=1S/C27H31F4N5O2/c1-15-22(12-16-4-8-33-9-5-16)35-25-23(15)24(20(28)14-34-25)17-6-10-36(11-7-17)26(37)19-3-2-18(13-21(19)32)38-27(29,30)31/h2-3,13-14,16-17,33H,4-12,32H2,1H3,(H,34,35). The van der Waals surface area contributed by atoms with Gasteiger partial charge >= 0.3 is 6.36 Å². The zero-order valence-corrected chi connectivity index (χ0v) is 21.1. The molecular weight excluding hydrogens is 502 g/mol. The molecule has 0 atom stereocenters. The van der Waals surface area contributed by atoms with Crippen LogP contribution < -0.4 is 15.8 Å². The number of H-pyrrole nitrogens is 1. The van der Waals surface area contributed by atoms with Gasteiger partial charge in [0.05, 0.1) is 11.8 Å². The van der Waals surface area contributed by atoms with Crippen molar-refractivity contribution in [2.75, 3.05) is 31.9 Å². The summed E-state index contributed by atoms with van der Waals surface area (Å²) in [5.74, 6) is -0.717. The molecule has 7 nitrogen and oxygen atoms in total. The lowest BCUT2D eigenvalue weighted by atomic mass is 9.86. The van der Waals surface area contributed by atoms with Gasteiger partial charge in [-0.25, -0.2) is 9.37 Å². The van der Waals surface area contributed by atoms with E-state index in [0.29, 0.717) is 43.1 Å². The van der Waals surface area contributed by atoms with Gasteiger partial charge < -0.3 is 25.7 Å². The molecule has 2 aromatic heterocycles. The van der Waals surface area contributed by atoms with Crippen LogP contribution in [0.5, 0.6) is 5.75 Å². The number of hydrogen-bond acceptors (Lipinski definition) is 5. The molecule has 5 rings (SSSR count). The predicted octanol–water partition coefficient (Wildman–Crippen LogP) is 5.05. The zero-order chi connectivity index (χ0) is 27.0. The summed E-state index contributed by atoms with van der Waals surface area (Å²) in [4.78, 5) is 22.4. The van der Waals surface area contributed by atoms with Gasteiger partial charge in [-0.2, -0.15) is 0 Å². The van der Waals surface area contributed by atoms with Gasteiger partial charge in [0.2, 0.25) is 0 Å². The van der Waals surface area contributed by atoms with Crippen molar-refractivity contribution in [1.29, 1.82) is 0 Å². The number of piperidine rings is 2. The first-order valence-corrected chi connectivity index (χ1v) is 12.9. The fourth-order valence-electron chi connectivity index (χ4n) is 5.82. The van der Waals surface area contributed by atoms with Crippen molar-refractivity contribution in [3.05, 3.63) is 52.6 Å². The number of amides is 1. The third-order valence-corrected chi connectivity index (χ3v) is 7.80. The van der Waals surface area contributed by atoms with E-state index in [1.54, 1.807) is 4.90 Å². The third-order valence-electron chi connectivity index (χ3n) is 7.80. The second-order valence-electron chi connectivity index (χ2n) is 10.2. The summed E-state index contributed by atoms with van der Waals surface area (Å²) >= 11 is 0. The number of pyridine rings is 1. The summed E-state index contributed by atoms with van der Waals surface area (Å²) in [6.45, 7) is 4.79. The number of aromatic nitrogens is 2. The highest BCUT2D eigenvalue weighted by molar-refractivity contribution is 5.99. The van der Waals surface area contributed by atoms with Crippen LogP contribution in [0.15, 0.2) is 24.4 Å². The molecule has 0 aliphatic carbocycles. The normalized spacial score (nSPS) is 17.8. The predicted molar refractivity (Wildman–Crippen MR) is 136 cm³/mol. The second-order valence-corrected chi connectivity index (χ2v) is 10.2. The van der Waals surface area contributed by atoms with Crippen LogP contribution in [0.3, 0.4) is 0 Å². The minimum Gasteiger partial charge on any atom is -0.406 e. The quantitative estimate of drug-likeness (QED) is 0.315. The third kappa shape index (κ3) is 5.43. The lowest BCUT2D eigenvalue weighted by molar-refractivity contribution is -0.274. The van der Waals surface area contributed by atoms with E-state index < -0.39 is 12.1 Å². The van der Waals surface area contributed by atoms with Gasteiger partial charge in [0, 0.05) is 41.5 Å². The molecule has 1 aromatic carbocycles. The van der Waals surface area contributed by atoms with Crippen molar-refractivity contribution in [2.24, 2.45) is 5.92 Å². The van der Waals surface area contributed by atoms with E-state index in [1.165, 1.54) is 12.3 Å². The van der Waals surface area contributed by atoms with Crippen LogP contribution in [-0.2, 0) is 6.42 Å². The zero-order valence-electron chi connectivity index (χ0n) is 21.1. The molecule has 0 saturated carbocycles. The Morgan fingerprint density at radius 1 is 1.18 bits per heavy atom. The second kappa shape index (κ2) is 10.4. The van der Waals surface area contributed by atoms with Crippen LogP contribution in [0, 0.1) is 18.7 Å². The summed E-state index contributed by atoms with van der Waals surface area (Å²) in [7, 11) is 0. The summed E-state index contributed by atoms with van der Waals surface area (Å²) in [6.07, 6.45) is 0.643. The Labute approximate surface area is 217 Å². The Bertz CT molecular complexity index is 1330. The first-order chi connectivity index (χ1) is 18.1. The number of ether oxygens (including phenoxy) is 1. The monoisotopic (exact) mass is 533 g/mol. The Balaban J connectivity index is 1.31. The molecule has 0 unspecified atom stereocenters. The van der Waals surface area contributed by atoms with E-state index in [4.69, 9.17) is 5.73 Å². The van der Waals surface area contributed by atoms with Crippen LogP contribution in [0.1, 0.15) is 58.8 Å². The largest absolute Gasteiger partial charge is 0.573 e. The number of hydrogen-bond donors (Lipinski definition) is 3. The van der Waals surface area contributed by atoms with Gasteiger partial charge in [-0.05, 0) is 81.6 Å². The molecule has 0 radical (unpaired) electrons. The van der Waals surface area contributed by atoms with Gasteiger partial charge in [-0.15, -0.1) is 13.2 Å². The number of aryl methyl sites for hydroxylation is 1. The van der Waals surface area contributed by atoms with Crippen LogP contribution in [0.4, 0.5) is 23.2 Å². The molecule has 3 aromatic rings. The Morgan fingerprint density at radius 3 is 2.55 bits per heavy atom. The number of nitrogen functional groups attached to an aromatic ring is 1. The van der Waals surface area contributed by atoms with Gasteiger partial charge in [-0.1, -0.05) is 0 Å². The smallest absolute Gasteiger partial charge is 0.406 e. The van der Waals surface area contributed by atoms with Crippen LogP contribution in [0.25, 0.3) is 11.0 Å². The molecule has 2 saturated heterocycles. The molecule has 204 valence electrons. The lowest BCUT2D eigenvalue weighted by Crippen LogP contribution is -2.38. The molecule has 2 aliphatic rings. The molecule has 4 heterocycles. The summed E-state index contributed by atoms with van der Waals surface area (Å²) in [5, 5.41) is 4.22. The first-order valence-electron chi connectivity index (χ1n) is 12.9. The van der Waals surface area contributed by atoms with E-state index in [2.05, 4.69) is 20.0 Å². The van der Waals surface area contributed by atoms with E-state index in [9.17, 15) is 18.0 Å². The van der Waals surface area contributed by atoms with Gasteiger partial charge in [0.25, 0.3) is 5.91 Å². The molecular formula is C27H31F4N5O2. The average molecular weight is 534 g/mol. The van der Waals surface area contributed by atoms with Gasteiger partial charge in [-0.3, -0.25) is 4.79 Å². The van der Waals surface area contributed by atoms with E-state index in [1.807, 2.05) is 6.92 Å². The number of fused-ring (bicyclic) bond motifs is 1. The highest BCUT2D eigenvalue weighted by atomic mass is 19.4. The molecule has 0 bridgehead atoms. The fraction of sp³-hybridized carbons (Fsp3) is 0.481. The van der Waals surface area contributed by atoms with Crippen LogP contribution in [0.2, 0.25) is 0 Å². The minimum atomic E-state index is -4.85. The van der Waals surface area contributed by atoms with Crippen molar-refractivity contribution in [3.63, 3.8) is 0 Å². The fourth-order valence-corrected chi connectivity index (χ4v) is 5.82. The number of nitrogens with zero attached hydrogens (tertiary/aromatic N) is 2. The van der Waals surface area contributed by atoms with Crippen molar-refractivity contribution in [1.82, 2.24) is 20.2 Å². The van der Waals surface area contributed by atoms with Crippen molar-refractivity contribution < 1.29 is 27.1 Å². The number of carbonyl (C=O) groups excluding carboxylic acids is 1. The van der Waals surface area contributed by atoms with Gasteiger partial charge in [0.1, 0.15) is 17.2 Å². The summed E-state index contributed by atoms with van der Waals surface area (Å²) in [5.41, 5.74) is 9.36. The summed E-state index contributed by atoms with van der Waals surface area (Å²) < 4.78 is 56.5. The van der Waals surface area contributed by atoms with E-state index in [-0.39, 0.29) is 28.9 Å². The molecule has 2 fully saturated rings. The van der Waals surface area contributed by atoms with Crippen LogP contribution >= 0.6 is 0 Å². The topological polar surface area (TPSA) is 96.3 Å². The van der Waals surface area contributed by atoms with Crippen molar-refractivity contribution in [3.8, 4) is 5.75 Å². The molecule has 11 heteroatoms. The maximum Gasteiger partial charge on any atom is 0.573 e. The molecule has 0 spiro atoms.